The van der Waals surface area contributed by atoms with E-state index >= 15 is 0 Å². The Morgan fingerprint density at radius 1 is 1.43 bits per heavy atom. The van der Waals surface area contributed by atoms with E-state index in [-0.39, 0.29) is 0 Å². The van der Waals surface area contributed by atoms with Crippen LogP contribution in [-0.4, -0.2) is 41.0 Å². The summed E-state index contributed by atoms with van der Waals surface area (Å²) in [7, 11) is 2.21. The van der Waals surface area contributed by atoms with Crippen molar-refractivity contribution in [3.63, 3.8) is 0 Å². The Labute approximate surface area is 130 Å². The van der Waals surface area contributed by atoms with Crippen LogP contribution in [0.4, 0.5) is 5.82 Å². The molecule has 0 saturated carbocycles. The first-order valence-corrected chi connectivity index (χ1v) is 8.37. The van der Waals surface area contributed by atoms with Crippen LogP contribution in [0, 0.1) is 6.92 Å². The summed E-state index contributed by atoms with van der Waals surface area (Å²) in [5.74, 6) is 1.10. The fourth-order valence-electron chi connectivity index (χ4n) is 2.93. The molecule has 21 heavy (non-hydrogen) atoms. The molecule has 2 aromatic rings. The number of piperidine rings is 1. The highest BCUT2D eigenvalue weighted by Gasteiger charge is 2.24. The lowest BCUT2D eigenvalue weighted by Crippen LogP contribution is -2.46. The largest absolute Gasteiger partial charge is 0.355 e. The van der Waals surface area contributed by atoms with Gasteiger partial charge in [-0.2, -0.15) is 0 Å². The summed E-state index contributed by atoms with van der Waals surface area (Å²) in [6, 6.07) is 6.71. The lowest BCUT2D eigenvalue weighted by Gasteiger charge is -2.38. The first-order valence-electron chi connectivity index (χ1n) is 7.49. The quantitative estimate of drug-likeness (QED) is 0.869. The molecule has 0 N–H and O–H groups in total. The second kappa shape index (κ2) is 6.54. The maximum Gasteiger partial charge on any atom is 0.128 e. The van der Waals surface area contributed by atoms with Crippen molar-refractivity contribution in [3.05, 3.63) is 40.5 Å². The van der Waals surface area contributed by atoms with Crippen molar-refractivity contribution in [2.24, 2.45) is 0 Å². The molecule has 3 heterocycles. The molecule has 112 valence electrons. The van der Waals surface area contributed by atoms with Gasteiger partial charge in [0.05, 0.1) is 10.7 Å². The van der Waals surface area contributed by atoms with Crippen molar-refractivity contribution in [1.29, 1.82) is 0 Å². The highest BCUT2D eigenvalue weighted by molar-refractivity contribution is 7.09. The van der Waals surface area contributed by atoms with Crippen molar-refractivity contribution in [2.45, 2.75) is 32.4 Å². The molecule has 0 spiro atoms. The lowest BCUT2D eigenvalue weighted by atomic mass is 10.0. The minimum atomic E-state index is 0.572. The van der Waals surface area contributed by atoms with Gasteiger partial charge in [-0.25, -0.2) is 9.97 Å². The second-order valence-electron chi connectivity index (χ2n) is 5.70. The molecular formula is C16H22N4S. The highest BCUT2D eigenvalue weighted by atomic mass is 32.1. The summed E-state index contributed by atoms with van der Waals surface area (Å²) in [6.45, 7) is 5.16. The Hall–Kier alpha value is -1.46. The predicted octanol–water partition coefficient (Wildman–Crippen LogP) is 2.95. The van der Waals surface area contributed by atoms with E-state index in [9.17, 15) is 0 Å². The van der Waals surface area contributed by atoms with Crippen LogP contribution in [0.3, 0.4) is 0 Å². The molecule has 0 amide bonds. The third-order valence-electron chi connectivity index (χ3n) is 4.07. The smallest absolute Gasteiger partial charge is 0.128 e. The molecule has 0 unspecified atom stereocenters. The van der Waals surface area contributed by atoms with E-state index < -0.39 is 0 Å². The summed E-state index contributed by atoms with van der Waals surface area (Å²) < 4.78 is 0. The number of hydrogen-bond acceptors (Lipinski definition) is 5. The zero-order valence-corrected chi connectivity index (χ0v) is 13.5. The van der Waals surface area contributed by atoms with Gasteiger partial charge >= 0.3 is 0 Å². The standard InChI is InChI=1S/C16H22N4S/c1-13-18-14(12-21-13)10-19(2)15-6-5-9-20(11-15)16-7-3-4-8-17-16/h3-4,7-8,12,15H,5-6,9-11H2,1-2H3/t15-/m0/s1. The number of rotatable bonds is 4. The van der Waals surface area contributed by atoms with Crippen molar-refractivity contribution >= 4 is 17.2 Å². The molecule has 3 rings (SSSR count). The number of nitrogens with zero attached hydrogens (tertiary/aromatic N) is 4. The fraction of sp³-hybridized carbons (Fsp3) is 0.500. The summed E-state index contributed by atoms with van der Waals surface area (Å²) >= 11 is 1.73. The molecule has 0 aliphatic carbocycles. The number of aryl methyl sites for hydroxylation is 1. The SMILES string of the molecule is Cc1nc(CN(C)[C@H]2CCCN(c3ccccn3)C2)cs1. The average molecular weight is 302 g/mol. The predicted molar refractivity (Wildman–Crippen MR) is 87.8 cm³/mol. The van der Waals surface area contributed by atoms with Gasteiger partial charge in [0.15, 0.2) is 0 Å². The van der Waals surface area contributed by atoms with E-state index in [1.54, 1.807) is 11.3 Å². The van der Waals surface area contributed by atoms with E-state index in [1.165, 1.54) is 18.5 Å². The minimum Gasteiger partial charge on any atom is -0.355 e. The molecule has 1 atom stereocenters. The van der Waals surface area contributed by atoms with Gasteiger partial charge in [0, 0.05) is 37.3 Å². The zero-order chi connectivity index (χ0) is 14.7. The Balaban J connectivity index is 1.62. The molecule has 0 bridgehead atoms. The Morgan fingerprint density at radius 3 is 3.05 bits per heavy atom. The van der Waals surface area contributed by atoms with Crippen molar-refractivity contribution in [2.75, 3.05) is 25.0 Å². The number of thiazole rings is 1. The van der Waals surface area contributed by atoms with E-state index in [0.29, 0.717) is 6.04 Å². The van der Waals surface area contributed by atoms with Crippen LogP contribution < -0.4 is 4.90 Å². The highest BCUT2D eigenvalue weighted by Crippen LogP contribution is 2.21. The third kappa shape index (κ3) is 3.60. The first kappa shape index (κ1) is 14.5. The van der Waals surface area contributed by atoms with Gasteiger partial charge in [-0.1, -0.05) is 6.07 Å². The summed E-state index contributed by atoms with van der Waals surface area (Å²) in [4.78, 5) is 13.9. The summed E-state index contributed by atoms with van der Waals surface area (Å²) in [5, 5.41) is 3.32. The topological polar surface area (TPSA) is 32.3 Å². The monoisotopic (exact) mass is 302 g/mol. The molecule has 5 heteroatoms. The molecule has 0 aromatic carbocycles. The van der Waals surface area contributed by atoms with E-state index in [2.05, 4.69) is 51.3 Å². The maximum atomic E-state index is 4.57. The zero-order valence-electron chi connectivity index (χ0n) is 12.7. The molecular weight excluding hydrogens is 280 g/mol. The molecule has 1 saturated heterocycles. The van der Waals surface area contributed by atoms with Crippen LogP contribution in [0.2, 0.25) is 0 Å². The molecule has 4 nitrogen and oxygen atoms in total. The average Bonchev–Trinajstić information content (AvgIpc) is 2.93. The number of likely N-dealkylation sites (N-methyl/N-ethyl adjacent to an activating group) is 1. The number of aromatic nitrogens is 2. The summed E-state index contributed by atoms with van der Waals surface area (Å²) in [5.41, 5.74) is 1.19. The van der Waals surface area contributed by atoms with Crippen LogP contribution in [0.5, 0.6) is 0 Å². The molecule has 0 radical (unpaired) electrons. The molecule has 1 fully saturated rings. The van der Waals surface area contributed by atoms with Gasteiger partial charge in [0.1, 0.15) is 5.82 Å². The molecule has 2 aromatic heterocycles. The van der Waals surface area contributed by atoms with E-state index in [0.717, 1.165) is 30.5 Å². The fourth-order valence-corrected chi connectivity index (χ4v) is 3.53. The van der Waals surface area contributed by atoms with Gasteiger partial charge in [-0.05, 0) is 38.9 Å². The number of pyridine rings is 1. The second-order valence-corrected chi connectivity index (χ2v) is 6.77. The van der Waals surface area contributed by atoms with Crippen molar-refractivity contribution < 1.29 is 0 Å². The van der Waals surface area contributed by atoms with E-state index in [4.69, 9.17) is 0 Å². The van der Waals surface area contributed by atoms with Gasteiger partial charge in [0.25, 0.3) is 0 Å². The van der Waals surface area contributed by atoms with Crippen LogP contribution >= 0.6 is 11.3 Å². The van der Waals surface area contributed by atoms with Crippen molar-refractivity contribution in [3.8, 4) is 0 Å². The Morgan fingerprint density at radius 2 is 2.33 bits per heavy atom. The lowest BCUT2D eigenvalue weighted by molar-refractivity contribution is 0.205. The van der Waals surface area contributed by atoms with Crippen LogP contribution in [0.1, 0.15) is 23.5 Å². The third-order valence-corrected chi connectivity index (χ3v) is 4.89. The van der Waals surface area contributed by atoms with Crippen LogP contribution in [0.15, 0.2) is 29.8 Å². The number of anilines is 1. The van der Waals surface area contributed by atoms with Crippen molar-refractivity contribution in [1.82, 2.24) is 14.9 Å². The molecule has 1 aliphatic rings. The van der Waals surface area contributed by atoms with Crippen LogP contribution in [0.25, 0.3) is 0 Å². The van der Waals surface area contributed by atoms with Gasteiger partial charge < -0.3 is 4.90 Å². The van der Waals surface area contributed by atoms with E-state index in [1.807, 2.05) is 12.3 Å². The normalized spacial score (nSPS) is 19.2. The first-order chi connectivity index (χ1) is 10.2. The minimum absolute atomic E-state index is 0.572. The van der Waals surface area contributed by atoms with Gasteiger partial charge in [-0.3, -0.25) is 4.90 Å². The van der Waals surface area contributed by atoms with Gasteiger partial charge in [-0.15, -0.1) is 11.3 Å². The number of hydrogen-bond donors (Lipinski definition) is 0. The maximum absolute atomic E-state index is 4.57. The van der Waals surface area contributed by atoms with Crippen LogP contribution in [-0.2, 0) is 6.54 Å². The summed E-state index contributed by atoms with van der Waals surface area (Å²) in [6.07, 6.45) is 4.35. The Bertz CT molecular complexity index is 569. The Kier molecular flexibility index (Phi) is 4.51. The molecule has 1 aliphatic heterocycles. The van der Waals surface area contributed by atoms with Gasteiger partial charge in [0.2, 0.25) is 0 Å².